The van der Waals surface area contributed by atoms with Crippen LogP contribution in [-0.4, -0.2) is 38.1 Å². The molecule has 0 saturated carbocycles. The molecule has 0 aliphatic rings. The van der Waals surface area contributed by atoms with Crippen LogP contribution in [-0.2, 0) is 6.54 Å². The Morgan fingerprint density at radius 1 is 1.19 bits per heavy atom. The van der Waals surface area contributed by atoms with E-state index in [4.69, 9.17) is 14.4 Å². The van der Waals surface area contributed by atoms with Crippen LogP contribution >= 0.6 is 0 Å². The van der Waals surface area contributed by atoms with Crippen LogP contribution < -0.4 is 10.1 Å². The molecule has 0 aliphatic heterocycles. The van der Waals surface area contributed by atoms with Crippen molar-refractivity contribution in [1.82, 2.24) is 19.9 Å². The molecule has 0 bridgehead atoms. The van der Waals surface area contributed by atoms with Crippen molar-refractivity contribution in [1.29, 1.82) is 0 Å². The molecule has 9 heteroatoms. The SMILES string of the molecule is COc1ccc(Cn2nc(Nc3ccc4c(C(=O)O)noc4c3)c3ncccc32)cc1. The predicted octanol–water partition coefficient (Wildman–Crippen LogP) is 4.07. The van der Waals surface area contributed by atoms with E-state index in [0.717, 1.165) is 22.3 Å². The van der Waals surface area contributed by atoms with E-state index in [9.17, 15) is 9.90 Å². The summed E-state index contributed by atoms with van der Waals surface area (Å²) in [4.78, 5) is 15.7. The first kappa shape index (κ1) is 18.6. The third kappa shape index (κ3) is 3.42. The van der Waals surface area contributed by atoms with Crippen LogP contribution in [0.25, 0.3) is 22.0 Å². The Hall–Kier alpha value is -4.40. The highest BCUT2D eigenvalue weighted by atomic mass is 16.5. The highest BCUT2D eigenvalue weighted by Crippen LogP contribution is 2.28. The number of rotatable bonds is 6. The number of nitrogens with zero attached hydrogens (tertiary/aromatic N) is 4. The van der Waals surface area contributed by atoms with Gasteiger partial charge in [0.2, 0.25) is 0 Å². The lowest BCUT2D eigenvalue weighted by atomic mass is 10.2. The van der Waals surface area contributed by atoms with Crippen LogP contribution in [0.15, 0.2) is 65.3 Å². The summed E-state index contributed by atoms with van der Waals surface area (Å²) in [6, 6.07) is 16.7. The molecule has 5 aromatic rings. The fourth-order valence-electron chi connectivity index (χ4n) is 3.42. The Bertz CT molecular complexity index is 1410. The summed E-state index contributed by atoms with van der Waals surface area (Å²) in [5.41, 5.74) is 3.62. The highest BCUT2D eigenvalue weighted by molar-refractivity contribution is 6.01. The molecule has 0 unspecified atom stereocenters. The number of nitrogens with one attached hydrogen (secondary N) is 1. The molecule has 3 heterocycles. The third-order valence-corrected chi connectivity index (χ3v) is 4.94. The van der Waals surface area contributed by atoms with Gasteiger partial charge in [0, 0.05) is 18.0 Å². The van der Waals surface area contributed by atoms with E-state index >= 15 is 0 Å². The molecule has 2 aromatic carbocycles. The Balaban J connectivity index is 1.48. The van der Waals surface area contributed by atoms with Gasteiger partial charge in [-0.05, 0) is 42.0 Å². The molecule has 0 saturated heterocycles. The monoisotopic (exact) mass is 415 g/mol. The summed E-state index contributed by atoms with van der Waals surface area (Å²) in [7, 11) is 1.64. The van der Waals surface area contributed by atoms with Gasteiger partial charge in [0.1, 0.15) is 11.3 Å². The Kier molecular flexibility index (Phi) is 4.47. The second-order valence-corrected chi connectivity index (χ2v) is 6.90. The van der Waals surface area contributed by atoms with Gasteiger partial charge in [-0.15, -0.1) is 0 Å². The van der Waals surface area contributed by atoms with Crippen LogP contribution in [0.5, 0.6) is 5.75 Å². The minimum Gasteiger partial charge on any atom is -0.497 e. The molecule has 3 aromatic heterocycles. The summed E-state index contributed by atoms with van der Waals surface area (Å²) in [5, 5.41) is 21.2. The van der Waals surface area contributed by atoms with Crippen molar-refractivity contribution < 1.29 is 19.2 Å². The zero-order valence-electron chi connectivity index (χ0n) is 16.4. The second kappa shape index (κ2) is 7.45. The molecule has 0 atom stereocenters. The quantitative estimate of drug-likeness (QED) is 0.426. The maximum atomic E-state index is 11.2. The number of aromatic carboxylic acids is 1. The first-order chi connectivity index (χ1) is 15.1. The summed E-state index contributed by atoms with van der Waals surface area (Å²) in [6.45, 7) is 0.566. The van der Waals surface area contributed by atoms with Crippen LogP contribution in [0.4, 0.5) is 11.5 Å². The number of pyridine rings is 1. The zero-order chi connectivity index (χ0) is 21.4. The highest BCUT2D eigenvalue weighted by Gasteiger charge is 2.16. The van der Waals surface area contributed by atoms with Crippen LogP contribution in [0.1, 0.15) is 16.1 Å². The lowest BCUT2D eigenvalue weighted by Gasteiger charge is -2.05. The van der Waals surface area contributed by atoms with Gasteiger partial charge in [0.15, 0.2) is 17.1 Å². The minimum atomic E-state index is -1.13. The van der Waals surface area contributed by atoms with E-state index < -0.39 is 5.97 Å². The smallest absolute Gasteiger partial charge is 0.358 e. The molecule has 31 heavy (non-hydrogen) atoms. The molecule has 0 radical (unpaired) electrons. The first-order valence-corrected chi connectivity index (χ1v) is 9.46. The lowest BCUT2D eigenvalue weighted by Crippen LogP contribution is -2.02. The second-order valence-electron chi connectivity index (χ2n) is 6.90. The van der Waals surface area contributed by atoms with E-state index in [2.05, 4.69) is 15.5 Å². The van der Waals surface area contributed by atoms with Crippen LogP contribution in [0.2, 0.25) is 0 Å². The molecule has 0 spiro atoms. The zero-order valence-corrected chi connectivity index (χ0v) is 16.4. The number of hydrogen-bond donors (Lipinski definition) is 2. The molecular weight excluding hydrogens is 398 g/mol. The summed E-state index contributed by atoms with van der Waals surface area (Å²) in [6.07, 6.45) is 1.71. The number of fused-ring (bicyclic) bond motifs is 2. The molecule has 5 rings (SSSR count). The first-order valence-electron chi connectivity index (χ1n) is 9.46. The minimum absolute atomic E-state index is 0.113. The molecule has 0 aliphatic carbocycles. The summed E-state index contributed by atoms with van der Waals surface area (Å²) < 4.78 is 12.3. The van der Waals surface area contributed by atoms with Gasteiger partial charge in [-0.2, -0.15) is 5.10 Å². The van der Waals surface area contributed by atoms with Gasteiger partial charge in [0.05, 0.1) is 24.6 Å². The van der Waals surface area contributed by atoms with Crippen molar-refractivity contribution in [3.05, 3.63) is 72.1 Å². The van der Waals surface area contributed by atoms with Crippen molar-refractivity contribution in [2.24, 2.45) is 0 Å². The standard InChI is InChI=1S/C22H17N5O4/c1-30-15-7-4-13(5-8-15)12-27-17-3-2-10-23-20(17)21(25-27)24-14-6-9-16-18(11-14)31-26-19(16)22(28)29/h2-11H,12H2,1H3,(H,24,25)(H,28,29). The fourth-order valence-corrected chi connectivity index (χ4v) is 3.42. The van der Waals surface area contributed by atoms with E-state index in [1.54, 1.807) is 31.5 Å². The maximum Gasteiger partial charge on any atom is 0.358 e. The molecule has 0 fully saturated rings. The van der Waals surface area contributed by atoms with E-state index in [-0.39, 0.29) is 5.69 Å². The van der Waals surface area contributed by atoms with Gasteiger partial charge in [-0.3, -0.25) is 9.67 Å². The van der Waals surface area contributed by atoms with Gasteiger partial charge in [-0.25, -0.2) is 4.79 Å². The average Bonchev–Trinajstić information content (AvgIpc) is 3.36. The van der Waals surface area contributed by atoms with Crippen molar-refractivity contribution in [3.63, 3.8) is 0 Å². The largest absolute Gasteiger partial charge is 0.497 e. The van der Waals surface area contributed by atoms with E-state index in [1.807, 2.05) is 41.1 Å². The van der Waals surface area contributed by atoms with Crippen LogP contribution in [0.3, 0.4) is 0 Å². The molecule has 0 amide bonds. The number of anilines is 2. The van der Waals surface area contributed by atoms with Crippen molar-refractivity contribution in [3.8, 4) is 5.75 Å². The van der Waals surface area contributed by atoms with Crippen LogP contribution in [0, 0.1) is 0 Å². The van der Waals surface area contributed by atoms with Gasteiger partial charge < -0.3 is 19.7 Å². The van der Waals surface area contributed by atoms with E-state index in [0.29, 0.717) is 29.0 Å². The molecule has 2 N–H and O–H groups in total. The third-order valence-electron chi connectivity index (χ3n) is 4.94. The average molecular weight is 415 g/mol. The number of carbonyl (C=O) groups is 1. The number of methoxy groups -OCH3 is 1. The van der Waals surface area contributed by atoms with Gasteiger partial charge in [-0.1, -0.05) is 17.3 Å². The van der Waals surface area contributed by atoms with Crippen molar-refractivity contribution in [2.45, 2.75) is 6.54 Å². The molecule has 9 nitrogen and oxygen atoms in total. The number of benzene rings is 2. The lowest BCUT2D eigenvalue weighted by molar-refractivity contribution is 0.0688. The predicted molar refractivity (Wildman–Crippen MR) is 114 cm³/mol. The number of aromatic nitrogens is 4. The Labute approximate surface area is 175 Å². The number of carboxylic acids is 1. The fraction of sp³-hybridized carbons (Fsp3) is 0.0909. The normalized spacial score (nSPS) is 11.1. The van der Waals surface area contributed by atoms with Gasteiger partial charge >= 0.3 is 5.97 Å². The van der Waals surface area contributed by atoms with E-state index in [1.165, 1.54) is 0 Å². The number of hydrogen-bond acceptors (Lipinski definition) is 7. The summed E-state index contributed by atoms with van der Waals surface area (Å²) in [5.74, 6) is 0.250. The van der Waals surface area contributed by atoms with Gasteiger partial charge in [0.25, 0.3) is 0 Å². The Morgan fingerprint density at radius 2 is 2.03 bits per heavy atom. The molecular formula is C22H17N5O4. The van der Waals surface area contributed by atoms with Crippen molar-refractivity contribution >= 4 is 39.5 Å². The van der Waals surface area contributed by atoms with Crippen molar-refractivity contribution in [2.75, 3.05) is 12.4 Å². The number of ether oxygens (including phenoxy) is 1. The molecule has 154 valence electrons. The number of carboxylic acid groups (broad SMARTS) is 1. The topological polar surface area (TPSA) is 115 Å². The Morgan fingerprint density at radius 3 is 2.81 bits per heavy atom. The summed E-state index contributed by atoms with van der Waals surface area (Å²) >= 11 is 0. The maximum absolute atomic E-state index is 11.2.